The van der Waals surface area contributed by atoms with Crippen molar-refractivity contribution in [2.75, 3.05) is 13.2 Å². The van der Waals surface area contributed by atoms with Gasteiger partial charge in [0.15, 0.2) is 0 Å². The van der Waals surface area contributed by atoms with Crippen molar-refractivity contribution >= 4 is 23.2 Å². The van der Waals surface area contributed by atoms with Crippen molar-refractivity contribution in [2.45, 2.75) is 13.1 Å². The lowest BCUT2D eigenvalue weighted by molar-refractivity contribution is 0.200. The van der Waals surface area contributed by atoms with E-state index in [9.17, 15) is 0 Å². The maximum atomic E-state index is 8.83. The van der Waals surface area contributed by atoms with Crippen LogP contribution in [0.1, 0.15) is 11.1 Å². The lowest BCUT2D eigenvalue weighted by Gasteiger charge is -2.12. The number of benzene rings is 2. The molecule has 0 heterocycles. The van der Waals surface area contributed by atoms with Gasteiger partial charge in [0.25, 0.3) is 0 Å². The van der Waals surface area contributed by atoms with Gasteiger partial charge in [-0.1, -0.05) is 47.5 Å². The van der Waals surface area contributed by atoms with E-state index in [2.05, 4.69) is 5.32 Å². The first-order valence-corrected chi connectivity index (χ1v) is 7.43. The average molecular weight is 326 g/mol. The predicted molar refractivity (Wildman–Crippen MR) is 86.0 cm³/mol. The zero-order valence-electron chi connectivity index (χ0n) is 11.5. The van der Waals surface area contributed by atoms with Gasteiger partial charge in [0, 0.05) is 34.3 Å². The third-order valence-corrected chi connectivity index (χ3v) is 3.71. The Morgan fingerprint density at radius 3 is 2.38 bits per heavy atom. The zero-order chi connectivity index (χ0) is 15.1. The van der Waals surface area contributed by atoms with Crippen LogP contribution in [0.25, 0.3) is 0 Å². The molecule has 2 aromatic carbocycles. The normalized spacial score (nSPS) is 10.6. The summed E-state index contributed by atoms with van der Waals surface area (Å²) in [6.07, 6.45) is 0. The summed E-state index contributed by atoms with van der Waals surface area (Å²) in [6, 6.07) is 13.2. The second-order valence-electron chi connectivity index (χ2n) is 4.48. The lowest BCUT2D eigenvalue weighted by Crippen LogP contribution is -2.14. The molecule has 0 fully saturated rings. The molecule has 0 spiro atoms. The van der Waals surface area contributed by atoms with Gasteiger partial charge in [-0.3, -0.25) is 0 Å². The number of hydrogen-bond donors (Lipinski definition) is 2. The fraction of sp³-hybridized carbons (Fsp3) is 0.250. The molecule has 0 aromatic heterocycles. The molecule has 0 aliphatic carbocycles. The van der Waals surface area contributed by atoms with Crippen molar-refractivity contribution in [3.05, 3.63) is 63.6 Å². The van der Waals surface area contributed by atoms with E-state index in [0.717, 1.165) is 16.9 Å². The predicted octanol–water partition coefficient (Wildman–Crippen LogP) is 3.65. The van der Waals surface area contributed by atoms with Crippen LogP contribution in [0.3, 0.4) is 0 Å². The van der Waals surface area contributed by atoms with E-state index in [0.29, 0.717) is 23.1 Å². The molecular weight excluding hydrogens is 309 g/mol. The van der Waals surface area contributed by atoms with Gasteiger partial charge in [-0.05, 0) is 18.2 Å². The summed E-state index contributed by atoms with van der Waals surface area (Å²) >= 11 is 12.3. The molecule has 5 heteroatoms. The summed E-state index contributed by atoms with van der Waals surface area (Å²) in [5.74, 6) is 0.768. The Hall–Kier alpha value is -1.26. The molecule has 2 rings (SSSR count). The van der Waals surface area contributed by atoms with Gasteiger partial charge in [0.2, 0.25) is 0 Å². The molecule has 0 saturated carbocycles. The van der Waals surface area contributed by atoms with E-state index in [4.69, 9.17) is 33.0 Å². The highest BCUT2D eigenvalue weighted by Gasteiger charge is 2.06. The standard InChI is InChI=1S/C16H17Cl2NO2/c17-14-5-3-6-15(18)13(14)11-19-10-12-4-1-2-7-16(12)21-9-8-20/h1-7,19-20H,8-11H2. The highest BCUT2D eigenvalue weighted by Crippen LogP contribution is 2.24. The number of aliphatic hydroxyl groups excluding tert-OH is 1. The Morgan fingerprint density at radius 1 is 0.952 bits per heavy atom. The highest BCUT2D eigenvalue weighted by atomic mass is 35.5. The SMILES string of the molecule is OCCOc1ccccc1CNCc1c(Cl)cccc1Cl. The van der Waals surface area contributed by atoms with E-state index >= 15 is 0 Å². The Kier molecular flexibility index (Phi) is 6.33. The third-order valence-electron chi connectivity index (χ3n) is 3.00. The molecule has 0 aliphatic heterocycles. The Morgan fingerprint density at radius 2 is 1.67 bits per heavy atom. The molecule has 0 aliphatic rings. The first kappa shape index (κ1) is 16.1. The molecule has 0 bridgehead atoms. The van der Waals surface area contributed by atoms with Crippen LogP contribution in [0.2, 0.25) is 10.0 Å². The second kappa shape index (κ2) is 8.25. The van der Waals surface area contributed by atoms with Crippen LogP contribution in [-0.2, 0) is 13.1 Å². The summed E-state index contributed by atoms with van der Waals surface area (Å²) in [6.45, 7) is 1.49. The fourth-order valence-corrected chi connectivity index (χ4v) is 2.50. The van der Waals surface area contributed by atoms with Gasteiger partial charge in [-0.2, -0.15) is 0 Å². The molecule has 0 saturated heterocycles. The van der Waals surface area contributed by atoms with E-state index < -0.39 is 0 Å². The summed E-state index contributed by atoms with van der Waals surface area (Å²) in [5.41, 5.74) is 1.91. The maximum absolute atomic E-state index is 8.83. The molecule has 21 heavy (non-hydrogen) atoms. The Labute approximate surface area is 134 Å². The topological polar surface area (TPSA) is 41.5 Å². The average Bonchev–Trinajstić information content (AvgIpc) is 2.49. The number of ether oxygens (including phenoxy) is 1. The first-order valence-electron chi connectivity index (χ1n) is 6.67. The van der Waals surface area contributed by atoms with Crippen LogP contribution < -0.4 is 10.1 Å². The quantitative estimate of drug-likeness (QED) is 0.816. The smallest absolute Gasteiger partial charge is 0.123 e. The van der Waals surface area contributed by atoms with Crippen molar-refractivity contribution in [2.24, 2.45) is 0 Å². The van der Waals surface area contributed by atoms with Gasteiger partial charge < -0.3 is 15.2 Å². The Bertz CT molecular complexity index is 570. The molecule has 2 N–H and O–H groups in total. The van der Waals surface area contributed by atoms with Crippen LogP contribution in [0, 0.1) is 0 Å². The highest BCUT2D eigenvalue weighted by molar-refractivity contribution is 6.35. The summed E-state index contributed by atoms with van der Waals surface area (Å²) < 4.78 is 5.49. The number of nitrogens with one attached hydrogen (secondary N) is 1. The largest absolute Gasteiger partial charge is 0.491 e. The van der Waals surface area contributed by atoms with Crippen LogP contribution >= 0.6 is 23.2 Å². The maximum Gasteiger partial charge on any atom is 0.123 e. The van der Waals surface area contributed by atoms with E-state index in [1.54, 1.807) is 0 Å². The van der Waals surface area contributed by atoms with Gasteiger partial charge in [-0.15, -0.1) is 0 Å². The molecule has 3 nitrogen and oxygen atoms in total. The number of rotatable bonds is 7. The summed E-state index contributed by atoms with van der Waals surface area (Å²) in [7, 11) is 0. The summed E-state index contributed by atoms with van der Waals surface area (Å²) in [5, 5.41) is 13.4. The number of aliphatic hydroxyl groups is 1. The molecule has 2 aromatic rings. The van der Waals surface area contributed by atoms with E-state index in [-0.39, 0.29) is 13.2 Å². The lowest BCUT2D eigenvalue weighted by atomic mass is 10.2. The zero-order valence-corrected chi connectivity index (χ0v) is 13.0. The number of hydrogen-bond acceptors (Lipinski definition) is 3. The summed E-state index contributed by atoms with van der Waals surface area (Å²) in [4.78, 5) is 0. The van der Waals surface area contributed by atoms with Gasteiger partial charge in [0.05, 0.1) is 6.61 Å². The van der Waals surface area contributed by atoms with Crippen molar-refractivity contribution < 1.29 is 9.84 Å². The molecule has 112 valence electrons. The number of halogens is 2. The molecule has 0 radical (unpaired) electrons. The first-order chi connectivity index (χ1) is 10.2. The molecule has 0 unspecified atom stereocenters. The monoisotopic (exact) mass is 325 g/mol. The van der Waals surface area contributed by atoms with Gasteiger partial charge in [0.1, 0.15) is 12.4 Å². The number of para-hydroxylation sites is 1. The van der Waals surface area contributed by atoms with Crippen LogP contribution in [0.4, 0.5) is 0 Å². The fourth-order valence-electron chi connectivity index (χ4n) is 1.97. The Balaban J connectivity index is 1.97. The van der Waals surface area contributed by atoms with Crippen LogP contribution in [-0.4, -0.2) is 18.3 Å². The van der Waals surface area contributed by atoms with Gasteiger partial charge >= 0.3 is 0 Å². The molecule has 0 atom stereocenters. The molecular formula is C16H17Cl2NO2. The van der Waals surface area contributed by atoms with Crippen molar-refractivity contribution in [3.8, 4) is 5.75 Å². The van der Waals surface area contributed by atoms with Crippen LogP contribution in [0.15, 0.2) is 42.5 Å². The van der Waals surface area contributed by atoms with E-state index in [1.807, 2.05) is 42.5 Å². The second-order valence-corrected chi connectivity index (χ2v) is 5.30. The minimum atomic E-state index is -0.00298. The van der Waals surface area contributed by atoms with E-state index in [1.165, 1.54) is 0 Å². The van der Waals surface area contributed by atoms with Crippen molar-refractivity contribution in [1.29, 1.82) is 0 Å². The minimum absolute atomic E-state index is 0.00298. The molecule has 0 amide bonds. The third kappa shape index (κ3) is 4.61. The minimum Gasteiger partial charge on any atom is -0.491 e. The van der Waals surface area contributed by atoms with Crippen LogP contribution in [0.5, 0.6) is 5.75 Å². The van der Waals surface area contributed by atoms with Gasteiger partial charge in [-0.25, -0.2) is 0 Å². The van der Waals surface area contributed by atoms with Crippen molar-refractivity contribution in [1.82, 2.24) is 5.32 Å². The van der Waals surface area contributed by atoms with Crippen molar-refractivity contribution in [3.63, 3.8) is 0 Å².